The van der Waals surface area contributed by atoms with Crippen LogP contribution in [0.3, 0.4) is 0 Å². The van der Waals surface area contributed by atoms with Gasteiger partial charge in [-0.3, -0.25) is 5.32 Å². The van der Waals surface area contributed by atoms with Crippen molar-refractivity contribution in [3.8, 4) is 23.0 Å². The fourth-order valence-electron chi connectivity index (χ4n) is 10.0. The minimum absolute atomic E-state index is 0.00729. The normalized spacial score (nSPS) is 22.4. The van der Waals surface area contributed by atoms with Crippen LogP contribution < -0.4 is 24.3 Å². The first-order chi connectivity index (χ1) is 31.7. The van der Waals surface area contributed by atoms with Crippen LogP contribution in [0, 0.1) is 17.8 Å². The van der Waals surface area contributed by atoms with Crippen LogP contribution in [0.5, 0.6) is 23.0 Å². The summed E-state index contributed by atoms with van der Waals surface area (Å²) in [7, 11) is 6.30. The van der Waals surface area contributed by atoms with Crippen molar-refractivity contribution in [2.24, 2.45) is 22.9 Å². The SMILES string of the molecule is C=CCOC12Oc3ccc(OC(=O)Nc4ccc(OC)cc4OC)cc3C3C(CCCCO)C(CCCCO)C=C(C(=NOC)CC1N(C)C(=O)OCCCCCCCCCCCC)C32. The molecule has 0 spiro atoms. The fraction of sp³-hybridized carbons (Fsp3) is 0.627. The molecule has 6 unspecified atom stereocenters. The summed E-state index contributed by atoms with van der Waals surface area (Å²) >= 11 is 0. The van der Waals surface area contributed by atoms with Crippen molar-refractivity contribution >= 4 is 23.6 Å². The van der Waals surface area contributed by atoms with Crippen molar-refractivity contribution in [2.45, 2.75) is 134 Å². The molecule has 5 rings (SSSR count). The van der Waals surface area contributed by atoms with Crippen molar-refractivity contribution in [1.29, 1.82) is 0 Å². The highest BCUT2D eigenvalue weighted by molar-refractivity contribution is 6.03. The maximum absolute atomic E-state index is 14.1. The molecule has 0 bridgehead atoms. The van der Waals surface area contributed by atoms with E-state index in [0.717, 1.165) is 56.1 Å². The summed E-state index contributed by atoms with van der Waals surface area (Å²) < 4.78 is 36.8. The van der Waals surface area contributed by atoms with Crippen LogP contribution in [-0.2, 0) is 14.3 Å². The van der Waals surface area contributed by atoms with Crippen LogP contribution in [0.1, 0.15) is 128 Å². The summed E-state index contributed by atoms with van der Waals surface area (Å²) in [6, 6.07) is 9.69. The number of hydrogen-bond acceptors (Lipinski definition) is 12. The summed E-state index contributed by atoms with van der Waals surface area (Å²) in [6.07, 6.45) is 19.2. The Bertz CT molecular complexity index is 1890. The van der Waals surface area contributed by atoms with Crippen LogP contribution in [-0.4, -0.2) is 99.6 Å². The Balaban J connectivity index is 1.50. The molecular weight excluding hydrogens is 831 g/mol. The number of methoxy groups -OCH3 is 2. The highest BCUT2D eigenvalue weighted by Crippen LogP contribution is 2.62. The second kappa shape index (κ2) is 26.4. The lowest BCUT2D eigenvalue weighted by Crippen LogP contribution is -2.69. The smallest absolute Gasteiger partial charge is 0.417 e. The van der Waals surface area contributed by atoms with Gasteiger partial charge in [-0.2, -0.15) is 0 Å². The third kappa shape index (κ3) is 13.2. The van der Waals surface area contributed by atoms with Crippen LogP contribution in [0.2, 0.25) is 0 Å². The van der Waals surface area contributed by atoms with E-state index >= 15 is 0 Å². The van der Waals surface area contributed by atoms with Gasteiger partial charge in [0.25, 0.3) is 0 Å². The molecular formula is C51H75N3O11. The van der Waals surface area contributed by atoms with E-state index in [0.29, 0.717) is 53.8 Å². The minimum Gasteiger partial charge on any atom is -0.497 e. The topological polar surface area (TPSA) is 167 Å². The number of oxime groups is 1. The van der Waals surface area contributed by atoms with Crippen molar-refractivity contribution < 1.29 is 53.1 Å². The summed E-state index contributed by atoms with van der Waals surface area (Å²) in [4.78, 5) is 34.7. The van der Waals surface area contributed by atoms with Crippen molar-refractivity contribution in [2.75, 3.05) is 60.1 Å². The molecule has 3 N–H and O–H groups in total. The molecule has 1 aliphatic heterocycles. The molecule has 14 nitrogen and oxygen atoms in total. The van der Waals surface area contributed by atoms with Gasteiger partial charge >= 0.3 is 12.2 Å². The number of carbonyl (C=O) groups is 2. The second-order valence-corrected chi connectivity index (χ2v) is 17.4. The summed E-state index contributed by atoms with van der Waals surface area (Å²) in [5.74, 6) is -0.393. The predicted octanol–water partition coefficient (Wildman–Crippen LogP) is 10.6. The number of unbranched alkanes of at least 4 members (excludes halogenated alkanes) is 11. The maximum atomic E-state index is 14.1. The lowest BCUT2D eigenvalue weighted by Gasteiger charge is -2.59. The number of nitrogens with one attached hydrogen (secondary N) is 1. The number of rotatable bonds is 28. The number of hydrogen-bond donors (Lipinski definition) is 3. The van der Waals surface area contributed by atoms with Gasteiger partial charge in [0.1, 0.15) is 36.1 Å². The van der Waals surface area contributed by atoms with Crippen LogP contribution in [0.4, 0.5) is 15.3 Å². The van der Waals surface area contributed by atoms with Gasteiger partial charge in [0.2, 0.25) is 5.79 Å². The number of nitrogens with zero attached hydrogens (tertiary/aromatic N) is 2. The zero-order valence-corrected chi connectivity index (χ0v) is 39.5. The number of anilines is 1. The molecule has 1 heterocycles. The summed E-state index contributed by atoms with van der Waals surface area (Å²) in [5, 5.41) is 27.2. The highest BCUT2D eigenvalue weighted by atomic mass is 16.7. The molecule has 6 atom stereocenters. The van der Waals surface area contributed by atoms with Crippen LogP contribution >= 0.6 is 0 Å². The van der Waals surface area contributed by atoms with Crippen LogP contribution in [0.25, 0.3) is 0 Å². The number of carbonyl (C=O) groups excluding carboxylic acids is 2. The number of amides is 2. The summed E-state index contributed by atoms with van der Waals surface area (Å²) in [5.41, 5.74) is 2.80. The molecule has 2 amide bonds. The molecule has 360 valence electrons. The first-order valence-electron chi connectivity index (χ1n) is 23.9. The highest BCUT2D eigenvalue weighted by Gasteiger charge is 2.65. The van der Waals surface area contributed by atoms with Gasteiger partial charge in [-0.05, 0) is 79.8 Å². The molecule has 2 aromatic rings. The Kier molecular flexibility index (Phi) is 20.8. The van der Waals surface area contributed by atoms with E-state index in [2.05, 4.69) is 30.1 Å². The van der Waals surface area contributed by atoms with Crippen molar-refractivity contribution in [1.82, 2.24) is 4.90 Å². The van der Waals surface area contributed by atoms with Gasteiger partial charge in [-0.1, -0.05) is 94.9 Å². The molecule has 65 heavy (non-hydrogen) atoms. The van der Waals surface area contributed by atoms with Gasteiger partial charge in [0.15, 0.2) is 0 Å². The Morgan fingerprint density at radius 3 is 2.25 bits per heavy atom. The van der Waals surface area contributed by atoms with Crippen LogP contribution in [0.15, 0.2) is 65.9 Å². The molecule has 0 aromatic heterocycles. The predicted molar refractivity (Wildman–Crippen MR) is 252 cm³/mol. The molecule has 3 aliphatic rings. The van der Waals surface area contributed by atoms with Gasteiger partial charge in [0, 0.05) is 44.2 Å². The quantitative estimate of drug-likeness (QED) is 0.0422. The largest absolute Gasteiger partial charge is 0.497 e. The first kappa shape index (κ1) is 51.2. The molecule has 1 saturated carbocycles. The molecule has 14 heteroatoms. The van der Waals surface area contributed by atoms with Gasteiger partial charge in [-0.25, -0.2) is 9.59 Å². The monoisotopic (exact) mass is 906 g/mol. The average molecular weight is 906 g/mol. The van der Waals surface area contributed by atoms with Crippen molar-refractivity contribution in [3.63, 3.8) is 0 Å². The Hall–Kier alpha value is -4.79. The third-order valence-electron chi connectivity index (χ3n) is 13.2. The van der Waals surface area contributed by atoms with E-state index in [1.807, 2.05) is 6.07 Å². The number of ether oxygens (including phenoxy) is 6. The molecule has 1 fully saturated rings. The molecule has 2 aliphatic carbocycles. The zero-order chi connectivity index (χ0) is 46.6. The van der Waals surface area contributed by atoms with E-state index in [1.54, 1.807) is 55.5 Å². The van der Waals surface area contributed by atoms with Gasteiger partial charge < -0.3 is 48.4 Å². The van der Waals surface area contributed by atoms with E-state index in [1.165, 1.54) is 59.2 Å². The minimum atomic E-state index is -1.43. The lowest BCUT2D eigenvalue weighted by molar-refractivity contribution is -0.253. The first-order valence-corrected chi connectivity index (χ1v) is 23.9. The number of benzene rings is 2. The zero-order valence-electron chi connectivity index (χ0n) is 39.5. The Labute approximate surface area is 386 Å². The number of likely N-dealkylation sites (N-methyl/N-ethyl adjacent to an activating group) is 1. The number of aliphatic hydroxyl groups is 2. The van der Waals surface area contributed by atoms with Gasteiger partial charge in [-0.15, -0.1) is 6.58 Å². The summed E-state index contributed by atoms with van der Waals surface area (Å²) in [6.45, 7) is 6.81. The maximum Gasteiger partial charge on any atom is 0.417 e. The standard InChI is InChI=1S/C51H75N3O11/c1-7-9-10-11-12-13-14-15-16-21-31-62-50(58)54(3)46-35-43(53-61-6)40-32-36(22-17-19-28-55)39(23-18-20-29-56)47-41-33-38(25-27-44(41)65-51(46,48(40)47)63-30-8-2)64-49(57)52-42-26-24-37(59-4)34-45(42)60-5/h8,24-27,32-34,36,39,46-48,55-56H,2,7,9-23,28-31,35H2,1,3-6H3,(H,52,57). The third-order valence-corrected chi connectivity index (χ3v) is 13.2. The van der Waals surface area contributed by atoms with E-state index in [4.69, 9.17) is 33.3 Å². The van der Waals surface area contributed by atoms with E-state index < -0.39 is 29.9 Å². The van der Waals surface area contributed by atoms with Gasteiger partial charge in [0.05, 0.1) is 44.8 Å². The average Bonchev–Trinajstić information content (AvgIpc) is 3.31. The van der Waals surface area contributed by atoms with E-state index in [9.17, 15) is 19.8 Å². The number of fused-ring (bicyclic) bond motifs is 2. The lowest BCUT2D eigenvalue weighted by atomic mass is 9.55. The second-order valence-electron chi connectivity index (χ2n) is 17.4. The molecule has 0 radical (unpaired) electrons. The Morgan fingerprint density at radius 2 is 1.58 bits per heavy atom. The number of aliphatic hydroxyl groups excluding tert-OH is 2. The van der Waals surface area contributed by atoms with E-state index in [-0.39, 0.29) is 44.0 Å². The number of allylic oxidation sites excluding steroid dienone is 1. The van der Waals surface area contributed by atoms with Crippen molar-refractivity contribution in [3.05, 3.63) is 66.3 Å². The molecule has 0 saturated heterocycles. The molecule has 2 aromatic carbocycles. The Morgan fingerprint density at radius 1 is 0.892 bits per heavy atom. The fourth-order valence-corrected chi connectivity index (χ4v) is 10.0.